The van der Waals surface area contributed by atoms with Crippen LogP contribution in [0.4, 0.5) is 0 Å². The van der Waals surface area contributed by atoms with Crippen molar-refractivity contribution in [3.8, 4) is 17.2 Å². The van der Waals surface area contributed by atoms with Crippen LogP contribution in [0.25, 0.3) is 0 Å². The summed E-state index contributed by atoms with van der Waals surface area (Å²) in [6.07, 6.45) is 4.71. The number of hydrogen-bond donors (Lipinski definition) is 0. The van der Waals surface area contributed by atoms with Crippen LogP contribution in [-0.2, 0) is 19.3 Å². The van der Waals surface area contributed by atoms with Gasteiger partial charge in [-0.05, 0) is 50.1 Å². The molecular weight excluding hydrogens is 468 g/mol. The molecule has 3 aromatic rings. The minimum atomic E-state index is 0.0320. The van der Waals surface area contributed by atoms with Crippen LogP contribution in [0.1, 0.15) is 68.0 Å². The highest BCUT2D eigenvalue weighted by Crippen LogP contribution is 2.35. The minimum absolute atomic E-state index is 0.0320. The third-order valence-corrected chi connectivity index (χ3v) is 6.45. The van der Waals surface area contributed by atoms with Crippen molar-refractivity contribution in [3.05, 3.63) is 101 Å². The molecule has 37 heavy (non-hydrogen) atoms. The fourth-order valence-electron chi connectivity index (χ4n) is 4.69. The molecule has 0 aromatic heterocycles. The van der Waals surface area contributed by atoms with Gasteiger partial charge in [0.25, 0.3) is 0 Å². The average Bonchev–Trinajstić information content (AvgIpc) is 3.64. The summed E-state index contributed by atoms with van der Waals surface area (Å²) >= 11 is 0. The second kappa shape index (κ2) is 11.7. The molecule has 0 bridgehead atoms. The molecule has 2 aliphatic heterocycles. The molecule has 2 heterocycles. The van der Waals surface area contributed by atoms with Gasteiger partial charge in [0.05, 0.1) is 19.5 Å². The molecule has 0 amide bonds. The first-order chi connectivity index (χ1) is 17.9. The molecule has 3 aromatic carbocycles. The maximum atomic E-state index is 11.6. The molecular formula is C31H30O6. The maximum Gasteiger partial charge on any atom is 0.163 e. The number of carbonyl (C=O) groups is 3. The highest BCUT2D eigenvalue weighted by atomic mass is 16.5. The summed E-state index contributed by atoms with van der Waals surface area (Å²) in [5.41, 5.74) is 5.87. The SMILES string of the molecule is C=COc1cccc(C(C)=O)c1.CC(=O)c1cccc2c1CCO2.O=C1CCc2ccc3c(c21)CCO3. The molecule has 0 spiro atoms. The Balaban J connectivity index is 0.000000130. The zero-order valence-electron chi connectivity index (χ0n) is 21.2. The van der Waals surface area contributed by atoms with Gasteiger partial charge in [0.1, 0.15) is 17.2 Å². The van der Waals surface area contributed by atoms with Gasteiger partial charge in [-0.3, -0.25) is 14.4 Å². The molecule has 0 atom stereocenters. The number of aryl methyl sites for hydroxylation is 1. The van der Waals surface area contributed by atoms with Gasteiger partial charge < -0.3 is 14.2 Å². The molecule has 6 rings (SSSR count). The lowest BCUT2D eigenvalue weighted by molar-refractivity contribution is 0.0989. The third-order valence-electron chi connectivity index (χ3n) is 6.45. The second-order valence-corrected chi connectivity index (χ2v) is 8.90. The van der Waals surface area contributed by atoms with Gasteiger partial charge >= 0.3 is 0 Å². The maximum absolute atomic E-state index is 11.6. The summed E-state index contributed by atoms with van der Waals surface area (Å²) in [5, 5.41) is 0. The molecule has 0 fully saturated rings. The number of ketones is 3. The van der Waals surface area contributed by atoms with Crippen LogP contribution in [0.3, 0.4) is 0 Å². The summed E-state index contributed by atoms with van der Waals surface area (Å²) in [6.45, 7) is 7.98. The lowest BCUT2D eigenvalue weighted by Gasteiger charge is -2.03. The molecule has 0 saturated heterocycles. The van der Waals surface area contributed by atoms with Gasteiger partial charge in [-0.25, -0.2) is 0 Å². The predicted molar refractivity (Wildman–Crippen MR) is 141 cm³/mol. The van der Waals surface area contributed by atoms with Crippen LogP contribution < -0.4 is 14.2 Å². The van der Waals surface area contributed by atoms with Crippen LogP contribution in [0.15, 0.2) is 67.4 Å². The van der Waals surface area contributed by atoms with Crippen molar-refractivity contribution in [2.75, 3.05) is 13.2 Å². The van der Waals surface area contributed by atoms with Crippen molar-refractivity contribution in [2.45, 2.75) is 39.5 Å². The Hall–Kier alpha value is -4.19. The van der Waals surface area contributed by atoms with Crippen molar-refractivity contribution >= 4 is 17.3 Å². The number of fused-ring (bicyclic) bond motifs is 4. The number of carbonyl (C=O) groups excluding carboxylic acids is 3. The molecule has 6 heteroatoms. The van der Waals surface area contributed by atoms with Crippen molar-refractivity contribution in [1.29, 1.82) is 0 Å². The minimum Gasteiger partial charge on any atom is -0.493 e. The fourth-order valence-corrected chi connectivity index (χ4v) is 4.69. The Labute approximate surface area is 216 Å². The van der Waals surface area contributed by atoms with Crippen LogP contribution >= 0.6 is 0 Å². The zero-order valence-corrected chi connectivity index (χ0v) is 21.2. The Bertz CT molecular complexity index is 1350. The first kappa shape index (κ1) is 25.9. The van der Waals surface area contributed by atoms with E-state index in [-0.39, 0.29) is 11.6 Å². The van der Waals surface area contributed by atoms with Gasteiger partial charge in [-0.2, -0.15) is 0 Å². The van der Waals surface area contributed by atoms with E-state index in [0.29, 0.717) is 30.1 Å². The Morgan fingerprint density at radius 3 is 2.24 bits per heavy atom. The Kier molecular flexibility index (Phi) is 8.18. The summed E-state index contributed by atoms with van der Waals surface area (Å²) in [4.78, 5) is 33.6. The molecule has 190 valence electrons. The van der Waals surface area contributed by atoms with Gasteiger partial charge in [0.15, 0.2) is 17.3 Å². The molecule has 0 unspecified atom stereocenters. The van der Waals surface area contributed by atoms with E-state index >= 15 is 0 Å². The second-order valence-electron chi connectivity index (χ2n) is 8.90. The van der Waals surface area contributed by atoms with Crippen LogP contribution in [0.5, 0.6) is 17.2 Å². The van der Waals surface area contributed by atoms with E-state index in [1.807, 2.05) is 30.3 Å². The highest BCUT2D eigenvalue weighted by molar-refractivity contribution is 6.02. The monoisotopic (exact) mass is 498 g/mol. The molecule has 3 aliphatic rings. The van der Waals surface area contributed by atoms with Crippen LogP contribution in [-0.4, -0.2) is 30.6 Å². The molecule has 6 nitrogen and oxygen atoms in total. The quantitative estimate of drug-likeness (QED) is 0.325. The normalized spacial score (nSPS) is 13.8. The van der Waals surface area contributed by atoms with Gasteiger partial charge in [-0.15, -0.1) is 0 Å². The van der Waals surface area contributed by atoms with E-state index in [1.54, 1.807) is 31.2 Å². The highest BCUT2D eigenvalue weighted by Gasteiger charge is 2.27. The van der Waals surface area contributed by atoms with Crippen molar-refractivity contribution in [1.82, 2.24) is 0 Å². The Morgan fingerprint density at radius 1 is 0.838 bits per heavy atom. The molecule has 0 saturated carbocycles. The van der Waals surface area contributed by atoms with Crippen molar-refractivity contribution in [3.63, 3.8) is 0 Å². The topological polar surface area (TPSA) is 78.9 Å². The number of hydrogen-bond acceptors (Lipinski definition) is 6. The zero-order chi connectivity index (χ0) is 26.4. The largest absolute Gasteiger partial charge is 0.493 e. The summed E-state index contributed by atoms with van der Waals surface area (Å²) < 4.78 is 15.8. The molecule has 0 N–H and O–H groups in total. The van der Waals surface area contributed by atoms with Crippen molar-refractivity contribution < 1.29 is 28.6 Å². The third kappa shape index (κ3) is 5.97. The molecule has 1 aliphatic carbocycles. The summed E-state index contributed by atoms with van der Waals surface area (Å²) in [6, 6.07) is 16.6. The average molecular weight is 499 g/mol. The number of Topliss-reactive ketones (excluding diaryl/α,β-unsaturated/α-hetero) is 3. The van der Waals surface area contributed by atoms with Gasteiger partial charge in [0.2, 0.25) is 0 Å². The van der Waals surface area contributed by atoms with Gasteiger partial charge in [-0.1, -0.05) is 36.9 Å². The van der Waals surface area contributed by atoms with E-state index in [2.05, 4.69) is 6.58 Å². The predicted octanol–water partition coefficient (Wildman–Crippen LogP) is 5.99. The molecule has 0 radical (unpaired) electrons. The number of rotatable bonds is 4. The Morgan fingerprint density at radius 2 is 1.54 bits per heavy atom. The fraction of sp³-hybridized carbons (Fsp3) is 0.258. The summed E-state index contributed by atoms with van der Waals surface area (Å²) in [5.74, 6) is 2.90. The van der Waals surface area contributed by atoms with E-state index < -0.39 is 0 Å². The number of ether oxygens (including phenoxy) is 3. The number of benzene rings is 3. The first-order valence-corrected chi connectivity index (χ1v) is 12.3. The summed E-state index contributed by atoms with van der Waals surface area (Å²) in [7, 11) is 0. The van der Waals surface area contributed by atoms with E-state index in [1.165, 1.54) is 18.7 Å². The van der Waals surface area contributed by atoms with E-state index in [4.69, 9.17) is 14.2 Å². The van der Waals surface area contributed by atoms with Crippen LogP contribution in [0, 0.1) is 0 Å². The lowest BCUT2D eigenvalue weighted by atomic mass is 10.0. The van der Waals surface area contributed by atoms with Crippen LogP contribution in [0.2, 0.25) is 0 Å². The lowest BCUT2D eigenvalue weighted by Crippen LogP contribution is -1.96. The van der Waals surface area contributed by atoms with E-state index in [0.717, 1.165) is 59.6 Å². The first-order valence-electron chi connectivity index (χ1n) is 12.3. The van der Waals surface area contributed by atoms with E-state index in [9.17, 15) is 14.4 Å². The van der Waals surface area contributed by atoms with Crippen molar-refractivity contribution in [2.24, 2.45) is 0 Å². The smallest absolute Gasteiger partial charge is 0.163 e. The standard InChI is InChI=1S/C11H10O2.2C10H10O2/c12-9-3-1-7-2-4-10-8(11(7)9)5-6-13-10;1-7(11)8-3-2-4-10-9(8)5-6-12-10;1-3-12-10-6-4-5-9(7-10)8(2)11/h2,4H,1,3,5-6H2;2-4H,5-6H2,1H3;3-7H,1H2,2H3. The van der Waals surface area contributed by atoms with Gasteiger partial charge in [0, 0.05) is 47.1 Å².